The first-order valence-electron chi connectivity index (χ1n) is 9.36. The summed E-state index contributed by atoms with van der Waals surface area (Å²) in [6.45, 7) is 5.51. The van der Waals surface area contributed by atoms with Crippen molar-refractivity contribution in [3.8, 4) is 5.75 Å². The molecule has 0 saturated carbocycles. The van der Waals surface area contributed by atoms with E-state index in [9.17, 15) is 4.79 Å². The first-order valence-corrected chi connectivity index (χ1v) is 10.2. The number of thiazole rings is 1. The zero-order valence-electron chi connectivity index (χ0n) is 17.0. The SMILES string of the molecule is COc1cccc2sc(N(CCCN(C)C)C(=O)c3ccnn3C(C)C)nc12. The highest BCUT2D eigenvalue weighted by Gasteiger charge is 2.25. The average Bonchev–Trinajstić information content (AvgIpc) is 3.30. The van der Waals surface area contributed by atoms with E-state index < -0.39 is 0 Å². The third-order valence-corrected chi connectivity index (χ3v) is 5.48. The highest BCUT2D eigenvalue weighted by Crippen LogP contribution is 2.34. The van der Waals surface area contributed by atoms with E-state index in [1.54, 1.807) is 29.0 Å². The zero-order chi connectivity index (χ0) is 20.3. The van der Waals surface area contributed by atoms with Gasteiger partial charge in [0.2, 0.25) is 0 Å². The van der Waals surface area contributed by atoms with Crippen LogP contribution in [-0.4, -0.2) is 59.9 Å². The first kappa shape index (κ1) is 20.3. The highest BCUT2D eigenvalue weighted by atomic mass is 32.1. The van der Waals surface area contributed by atoms with Crippen LogP contribution in [0.4, 0.5) is 5.13 Å². The molecule has 0 bridgehead atoms. The maximum absolute atomic E-state index is 13.4. The van der Waals surface area contributed by atoms with Gasteiger partial charge in [-0.2, -0.15) is 5.10 Å². The minimum absolute atomic E-state index is 0.0806. The molecule has 2 aromatic heterocycles. The Morgan fingerprint density at radius 3 is 2.71 bits per heavy atom. The van der Waals surface area contributed by atoms with E-state index >= 15 is 0 Å². The summed E-state index contributed by atoms with van der Waals surface area (Å²) in [5, 5.41) is 5.00. The van der Waals surface area contributed by atoms with E-state index in [2.05, 4.69) is 10.00 Å². The fourth-order valence-corrected chi connectivity index (χ4v) is 4.06. The molecular formula is C20H27N5O2S. The molecule has 0 N–H and O–H groups in total. The number of rotatable bonds is 8. The predicted octanol–water partition coefficient (Wildman–Crippen LogP) is 3.68. The minimum atomic E-state index is -0.0806. The molecule has 3 rings (SSSR count). The summed E-state index contributed by atoms with van der Waals surface area (Å²) < 4.78 is 8.19. The Bertz CT molecular complexity index is 947. The summed E-state index contributed by atoms with van der Waals surface area (Å²) >= 11 is 1.50. The molecule has 3 aromatic rings. The van der Waals surface area contributed by atoms with Crippen LogP contribution in [0, 0.1) is 0 Å². The monoisotopic (exact) mass is 401 g/mol. The lowest BCUT2D eigenvalue weighted by molar-refractivity contribution is 0.0974. The van der Waals surface area contributed by atoms with E-state index in [0.29, 0.717) is 23.1 Å². The zero-order valence-corrected chi connectivity index (χ0v) is 17.9. The third kappa shape index (κ3) is 4.18. The van der Waals surface area contributed by atoms with Crippen LogP contribution < -0.4 is 9.64 Å². The average molecular weight is 402 g/mol. The Labute approximate surface area is 169 Å². The van der Waals surface area contributed by atoms with Gasteiger partial charge in [-0.1, -0.05) is 17.4 Å². The molecule has 0 aliphatic heterocycles. The molecule has 0 aliphatic rings. The van der Waals surface area contributed by atoms with E-state index in [0.717, 1.165) is 23.2 Å². The van der Waals surface area contributed by atoms with E-state index in [1.165, 1.54) is 11.3 Å². The number of carbonyl (C=O) groups excluding carboxylic acids is 1. The van der Waals surface area contributed by atoms with Crippen molar-refractivity contribution in [2.75, 3.05) is 39.2 Å². The van der Waals surface area contributed by atoms with Gasteiger partial charge in [-0.15, -0.1) is 0 Å². The van der Waals surface area contributed by atoms with Gasteiger partial charge in [0.05, 0.1) is 11.8 Å². The van der Waals surface area contributed by atoms with Crippen LogP contribution in [0.3, 0.4) is 0 Å². The summed E-state index contributed by atoms with van der Waals surface area (Å²) in [5.41, 5.74) is 1.36. The van der Waals surface area contributed by atoms with Crippen LogP contribution in [-0.2, 0) is 0 Å². The smallest absolute Gasteiger partial charge is 0.278 e. The fraction of sp³-hybridized carbons (Fsp3) is 0.450. The maximum Gasteiger partial charge on any atom is 0.278 e. The second-order valence-corrected chi connectivity index (χ2v) is 8.18. The van der Waals surface area contributed by atoms with Crippen molar-refractivity contribution < 1.29 is 9.53 Å². The number of para-hydroxylation sites is 1. The number of hydrogen-bond acceptors (Lipinski definition) is 6. The summed E-state index contributed by atoms with van der Waals surface area (Å²) in [6.07, 6.45) is 2.52. The van der Waals surface area contributed by atoms with Gasteiger partial charge in [-0.3, -0.25) is 14.4 Å². The van der Waals surface area contributed by atoms with Gasteiger partial charge in [-0.25, -0.2) is 4.98 Å². The molecule has 2 heterocycles. The molecule has 28 heavy (non-hydrogen) atoms. The van der Waals surface area contributed by atoms with E-state index in [4.69, 9.17) is 9.72 Å². The van der Waals surface area contributed by atoms with Gasteiger partial charge < -0.3 is 9.64 Å². The molecule has 1 aromatic carbocycles. The number of ether oxygens (including phenoxy) is 1. The molecule has 1 amide bonds. The number of aromatic nitrogens is 3. The van der Waals surface area contributed by atoms with Crippen molar-refractivity contribution in [3.63, 3.8) is 0 Å². The predicted molar refractivity (Wildman–Crippen MR) is 114 cm³/mol. The second kappa shape index (κ2) is 8.70. The van der Waals surface area contributed by atoms with Crippen LogP contribution in [0.25, 0.3) is 10.2 Å². The standard InChI is InChI=1S/C20H27N5O2S/c1-14(2)25-15(10-11-21-25)19(26)24(13-7-12-23(3)4)20-22-18-16(27-5)8-6-9-17(18)28-20/h6,8-11,14H,7,12-13H2,1-5H3. The molecule has 0 spiro atoms. The molecule has 0 saturated heterocycles. The van der Waals surface area contributed by atoms with Gasteiger partial charge in [-0.05, 0) is 59.1 Å². The number of nitrogens with zero attached hydrogens (tertiary/aromatic N) is 5. The second-order valence-electron chi connectivity index (χ2n) is 7.17. The Morgan fingerprint density at radius 1 is 1.25 bits per heavy atom. The van der Waals surface area contributed by atoms with Gasteiger partial charge in [0.1, 0.15) is 17.0 Å². The van der Waals surface area contributed by atoms with Crippen molar-refractivity contribution in [1.29, 1.82) is 0 Å². The Morgan fingerprint density at radius 2 is 2.04 bits per heavy atom. The van der Waals surface area contributed by atoms with Crippen LogP contribution in [0.5, 0.6) is 5.75 Å². The number of carbonyl (C=O) groups is 1. The first-order chi connectivity index (χ1) is 13.4. The van der Waals surface area contributed by atoms with Gasteiger partial charge in [0.15, 0.2) is 5.13 Å². The molecule has 0 unspecified atom stereocenters. The quantitative estimate of drug-likeness (QED) is 0.576. The van der Waals surface area contributed by atoms with Crippen LogP contribution >= 0.6 is 11.3 Å². The maximum atomic E-state index is 13.4. The summed E-state index contributed by atoms with van der Waals surface area (Å²) in [4.78, 5) is 22.0. The number of hydrogen-bond donors (Lipinski definition) is 0. The summed E-state index contributed by atoms with van der Waals surface area (Å²) in [6, 6.07) is 7.70. The van der Waals surface area contributed by atoms with Crippen molar-refractivity contribution in [2.45, 2.75) is 26.3 Å². The number of methoxy groups -OCH3 is 1. The summed E-state index contributed by atoms with van der Waals surface area (Å²) in [7, 11) is 5.69. The van der Waals surface area contributed by atoms with Crippen molar-refractivity contribution in [1.82, 2.24) is 19.7 Å². The normalized spacial score (nSPS) is 11.5. The molecule has 7 nitrogen and oxygen atoms in total. The summed E-state index contributed by atoms with van der Waals surface area (Å²) in [5.74, 6) is 0.635. The lowest BCUT2D eigenvalue weighted by Crippen LogP contribution is -2.35. The Hall–Kier alpha value is -2.45. The fourth-order valence-electron chi connectivity index (χ4n) is 3.05. The molecule has 0 radical (unpaired) electrons. The Kier molecular flexibility index (Phi) is 6.31. The molecule has 0 atom stereocenters. The number of amides is 1. The molecule has 0 aliphatic carbocycles. The van der Waals surface area contributed by atoms with Crippen molar-refractivity contribution in [2.24, 2.45) is 0 Å². The largest absolute Gasteiger partial charge is 0.494 e. The van der Waals surface area contributed by atoms with Crippen LogP contribution in [0.15, 0.2) is 30.5 Å². The highest BCUT2D eigenvalue weighted by molar-refractivity contribution is 7.22. The van der Waals surface area contributed by atoms with E-state index in [-0.39, 0.29) is 11.9 Å². The molecule has 150 valence electrons. The molecular weight excluding hydrogens is 374 g/mol. The number of anilines is 1. The topological polar surface area (TPSA) is 63.5 Å². The third-order valence-electron chi connectivity index (χ3n) is 4.43. The number of fused-ring (bicyclic) bond motifs is 1. The lowest BCUT2D eigenvalue weighted by Gasteiger charge is -2.22. The Balaban J connectivity index is 1.99. The lowest BCUT2D eigenvalue weighted by atomic mass is 10.3. The van der Waals surface area contributed by atoms with Gasteiger partial charge >= 0.3 is 0 Å². The molecule has 0 fully saturated rings. The van der Waals surface area contributed by atoms with Crippen molar-refractivity contribution >= 4 is 32.6 Å². The van der Waals surface area contributed by atoms with Gasteiger partial charge in [0, 0.05) is 18.8 Å². The molecule has 8 heteroatoms. The van der Waals surface area contributed by atoms with Crippen LogP contribution in [0.1, 0.15) is 36.8 Å². The number of benzene rings is 1. The van der Waals surface area contributed by atoms with Crippen LogP contribution in [0.2, 0.25) is 0 Å². The van der Waals surface area contributed by atoms with Gasteiger partial charge in [0.25, 0.3) is 5.91 Å². The van der Waals surface area contributed by atoms with E-state index in [1.807, 2.05) is 46.1 Å². The van der Waals surface area contributed by atoms with Crippen molar-refractivity contribution in [3.05, 3.63) is 36.2 Å². The minimum Gasteiger partial charge on any atom is -0.494 e.